The summed E-state index contributed by atoms with van der Waals surface area (Å²) >= 11 is 4.93. The molecule has 0 aliphatic rings. The van der Waals surface area contributed by atoms with Crippen molar-refractivity contribution in [3.63, 3.8) is 0 Å². The Morgan fingerprint density at radius 3 is 2.82 bits per heavy atom. The molecule has 4 heteroatoms. The Hall–Kier alpha value is -1.94. The minimum atomic E-state index is 0.230. The maximum atomic E-state index is 5.72. The topological polar surface area (TPSA) is 48.1 Å². The molecular weight excluding hydrogens is 232 g/mol. The SMILES string of the molecule is Cc1cccc(Oc2cccnc2C(N)=S)c1. The zero-order chi connectivity index (χ0) is 12.3. The van der Waals surface area contributed by atoms with Crippen LogP contribution < -0.4 is 10.5 Å². The highest BCUT2D eigenvalue weighted by atomic mass is 32.1. The second-order valence-corrected chi connectivity index (χ2v) is 4.07. The largest absolute Gasteiger partial charge is 0.455 e. The maximum absolute atomic E-state index is 5.72. The molecule has 17 heavy (non-hydrogen) atoms. The standard InChI is InChI=1S/C13H12N2OS/c1-9-4-2-5-10(8-9)16-11-6-3-7-15-12(11)13(14)17/h2-8H,1H3,(H2,14,17). The fourth-order valence-electron chi connectivity index (χ4n) is 1.46. The van der Waals surface area contributed by atoms with Crippen LogP contribution in [0, 0.1) is 6.92 Å². The van der Waals surface area contributed by atoms with Crippen LogP contribution in [0.4, 0.5) is 0 Å². The lowest BCUT2D eigenvalue weighted by molar-refractivity contribution is 0.479. The number of hydrogen-bond acceptors (Lipinski definition) is 3. The van der Waals surface area contributed by atoms with E-state index in [1.807, 2.05) is 31.2 Å². The molecule has 1 aromatic heterocycles. The van der Waals surface area contributed by atoms with Gasteiger partial charge in [0.15, 0.2) is 5.75 Å². The van der Waals surface area contributed by atoms with Gasteiger partial charge in [-0.15, -0.1) is 0 Å². The molecule has 0 saturated heterocycles. The second kappa shape index (κ2) is 4.93. The third kappa shape index (κ3) is 2.79. The van der Waals surface area contributed by atoms with Crippen LogP contribution in [-0.4, -0.2) is 9.97 Å². The number of ether oxygens (including phenoxy) is 1. The van der Waals surface area contributed by atoms with E-state index in [1.165, 1.54) is 0 Å². The quantitative estimate of drug-likeness (QED) is 0.843. The van der Waals surface area contributed by atoms with Crippen molar-refractivity contribution in [1.82, 2.24) is 4.98 Å². The molecule has 2 aromatic rings. The fraction of sp³-hybridized carbons (Fsp3) is 0.0769. The van der Waals surface area contributed by atoms with E-state index in [1.54, 1.807) is 18.3 Å². The van der Waals surface area contributed by atoms with Crippen molar-refractivity contribution in [2.75, 3.05) is 0 Å². The van der Waals surface area contributed by atoms with E-state index < -0.39 is 0 Å². The van der Waals surface area contributed by atoms with Crippen molar-refractivity contribution in [3.05, 3.63) is 53.9 Å². The predicted octanol–water partition coefficient (Wildman–Crippen LogP) is 2.82. The van der Waals surface area contributed by atoms with Gasteiger partial charge in [0.25, 0.3) is 0 Å². The first kappa shape index (κ1) is 11.5. The molecule has 0 unspecified atom stereocenters. The summed E-state index contributed by atoms with van der Waals surface area (Å²) in [4.78, 5) is 4.34. The third-order valence-corrected chi connectivity index (χ3v) is 2.41. The lowest BCUT2D eigenvalue weighted by Crippen LogP contribution is -2.12. The number of aromatic nitrogens is 1. The summed E-state index contributed by atoms with van der Waals surface area (Å²) in [5.41, 5.74) is 7.22. The number of nitrogens with two attached hydrogens (primary N) is 1. The van der Waals surface area contributed by atoms with E-state index in [0.29, 0.717) is 11.4 Å². The Morgan fingerprint density at radius 1 is 1.29 bits per heavy atom. The molecule has 0 amide bonds. The molecule has 1 aromatic carbocycles. The first-order valence-corrected chi connectivity index (χ1v) is 5.57. The molecule has 0 spiro atoms. The smallest absolute Gasteiger partial charge is 0.156 e. The highest BCUT2D eigenvalue weighted by Crippen LogP contribution is 2.24. The van der Waals surface area contributed by atoms with Crippen molar-refractivity contribution in [1.29, 1.82) is 0 Å². The van der Waals surface area contributed by atoms with Crippen LogP contribution in [0.5, 0.6) is 11.5 Å². The zero-order valence-electron chi connectivity index (χ0n) is 9.38. The number of nitrogens with zero attached hydrogens (tertiary/aromatic N) is 1. The molecule has 3 nitrogen and oxygen atoms in total. The van der Waals surface area contributed by atoms with Crippen LogP contribution in [0.2, 0.25) is 0 Å². The number of benzene rings is 1. The molecular formula is C13H12N2OS. The zero-order valence-corrected chi connectivity index (χ0v) is 10.2. The Labute approximate surface area is 105 Å². The molecule has 0 aliphatic heterocycles. The van der Waals surface area contributed by atoms with Crippen LogP contribution >= 0.6 is 12.2 Å². The summed E-state index contributed by atoms with van der Waals surface area (Å²) in [5.74, 6) is 1.32. The van der Waals surface area contributed by atoms with Crippen LogP contribution in [0.3, 0.4) is 0 Å². The van der Waals surface area contributed by atoms with Crippen molar-refractivity contribution in [3.8, 4) is 11.5 Å². The van der Waals surface area contributed by atoms with Crippen LogP contribution in [0.1, 0.15) is 11.3 Å². The summed E-state index contributed by atoms with van der Waals surface area (Å²) in [5, 5.41) is 0. The molecule has 2 N–H and O–H groups in total. The van der Waals surface area contributed by atoms with E-state index in [9.17, 15) is 0 Å². The van der Waals surface area contributed by atoms with Gasteiger partial charge in [0.05, 0.1) is 0 Å². The summed E-state index contributed by atoms with van der Waals surface area (Å²) in [6.45, 7) is 2.00. The van der Waals surface area contributed by atoms with Gasteiger partial charge in [0.2, 0.25) is 0 Å². The summed E-state index contributed by atoms with van der Waals surface area (Å²) < 4.78 is 5.72. The van der Waals surface area contributed by atoms with Crippen LogP contribution in [0.15, 0.2) is 42.6 Å². The Bertz CT molecular complexity index is 555. The molecule has 86 valence electrons. The molecule has 0 bridgehead atoms. The molecule has 0 atom stereocenters. The van der Waals surface area contributed by atoms with Gasteiger partial charge >= 0.3 is 0 Å². The van der Waals surface area contributed by atoms with Crippen molar-refractivity contribution in [2.24, 2.45) is 5.73 Å². The van der Waals surface area contributed by atoms with Crippen molar-refractivity contribution >= 4 is 17.2 Å². The molecule has 0 aliphatic carbocycles. The van der Waals surface area contributed by atoms with Gasteiger partial charge < -0.3 is 10.5 Å². The number of hydrogen-bond donors (Lipinski definition) is 1. The van der Waals surface area contributed by atoms with Gasteiger partial charge in [-0.3, -0.25) is 0 Å². The van der Waals surface area contributed by atoms with E-state index in [2.05, 4.69) is 4.98 Å². The summed E-state index contributed by atoms with van der Waals surface area (Å²) in [6.07, 6.45) is 1.64. The van der Waals surface area contributed by atoms with E-state index in [-0.39, 0.29) is 4.99 Å². The molecule has 0 radical (unpaired) electrons. The van der Waals surface area contributed by atoms with Gasteiger partial charge in [-0.05, 0) is 36.8 Å². The summed E-state index contributed by atoms with van der Waals surface area (Å²) in [7, 11) is 0. The first-order valence-electron chi connectivity index (χ1n) is 5.16. The highest BCUT2D eigenvalue weighted by Gasteiger charge is 2.08. The van der Waals surface area contributed by atoms with Gasteiger partial charge in [-0.2, -0.15) is 0 Å². The molecule has 0 fully saturated rings. The Balaban J connectivity index is 2.33. The van der Waals surface area contributed by atoms with Crippen LogP contribution in [-0.2, 0) is 0 Å². The Morgan fingerprint density at radius 2 is 2.12 bits per heavy atom. The van der Waals surface area contributed by atoms with Gasteiger partial charge in [-0.1, -0.05) is 24.4 Å². The first-order chi connectivity index (χ1) is 8.16. The number of pyridine rings is 1. The average Bonchev–Trinajstić information content (AvgIpc) is 2.29. The monoisotopic (exact) mass is 244 g/mol. The third-order valence-electron chi connectivity index (χ3n) is 2.22. The summed E-state index contributed by atoms with van der Waals surface area (Å²) in [6, 6.07) is 11.3. The predicted molar refractivity (Wildman–Crippen MR) is 71.4 cm³/mol. The number of aryl methyl sites for hydroxylation is 1. The number of thiocarbonyl (C=S) groups is 1. The number of rotatable bonds is 3. The van der Waals surface area contributed by atoms with Gasteiger partial charge in [-0.25, -0.2) is 4.98 Å². The average molecular weight is 244 g/mol. The van der Waals surface area contributed by atoms with Gasteiger partial charge in [0, 0.05) is 6.20 Å². The van der Waals surface area contributed by atoms with E-state index in [0.717, 1.165) is 11.3 Å². The Kier molecular flexibility index (Phi) is 3.35. The minimum absolute atomic E-state index is 0.230. The lowest BCUT2D eigenvalue weighted by atomic mass is 10.2. The van der Waals surface area contributed by atoms with Crippen molar-refractivity contribution < 1.29 is 4.74 Å². The molecule has 0 saturated carbocycles. The lowest BCUT2D eigenvalue weighted by Gasteiger charge is -2.09. The van der Waals surface area contributed by atoms with Gasteiger partial charge in [0.1, 0.15) is 16.4 Å². The van der Waals surface area contributed by atoms with E-state index in [4.69, 9.17) is 22.7 Å². The maximum Gasteiger partial charge on any atom is 0.156 e. The fourth-order valence-corrected chi connectivity index (χ4v) is 1.62. The minimum Gasteiger partial charge on any atom is -0.455 e. The molecule has 2 rings (SSSR count). The van der Waals surface area contributed by atoms with Crippen molar-refractivity contribution in [2.45, 2.75) is 6.92 Å². The van der Waals surface area contributed by atoms with Crippen LogP contribution in [0.25, 0.3) is 0 Å². The highest BCUT2D eigenvalue weighted by molar-refractivity contribution is 7.80. The molecule has 1 heterocycles. The normalized spacial score (nSPS) is 9.94. The van der Waals surface area contributed by atoms with E-state index >= 15 is 0 Å². The second-order valence-electron chi connectivity index (χ2n) is 3.63.